The van der Waals surface area contributed by atoms with Crippen LogP contribution in [0.15, 0.2) is 65.2 Å². The molecule has 2 heterocycles. The molecule has 25 heavy (non-hydrogen) atoms. The highest BCUT2D eigenvalue weighted by molar-refractivity contribution is 7.62. The van der Waals surface area contributed by atoms with Gasteiger partial charge in [-0.05, 0) is 36.4 Å². The van der Waals surface area contributed by atoms with E-state index in [2.05, 4.69) is 4.98 Å². The normalized spacial score (nSPS) is 13.7. The summed E-state index contributed by atoms with van der Waals surface area (Å²) in [5, 5.41) is 0.603. The molecule has 0 fully saturated rings. The van der Waals surface area contributed by atoms with Crippen molar-refractivity contribution in [1.82, 2.24) is 4.98 Å². The predicted octanol–water partition coefficient (Wildman–Crippen LogP) is 3.88. The predicted molar refractivity (Wildman–Crippen MR) is 94.6 cm³/mol. The molecular weight excluding hydrogens is 341 g/mol. The molecule has 0 spiro atoms. The van der Waals surface area contributed by atoms with Gasteiger partial charge in [0.25, 0.3) is 0 Å². The minimum absolute atomic E-state index is 0.0603. The van der Waals surface area contributed by atoms with E-state index in [-0.39, 0.29) is 10.9 Å². The van der Waals surface area contributed by atoms with Gasteiger partial charge in [0.05, 0.1) is 12.5 Å². The van der Waals surface area contributed by atoms with Crippen molar-refractivity contribution in [1.29, 1.82) is 0 Å². The Morgan fingerprint density at radius 2 is 1.88 bits per heavy atom. The van der Waals surface area contributed by atoms with E-state index in [0.29, 0.717) is 28.0 Å². The van der Waals surface area contributed by atoms with Gasteiger partial charge >= 0.3 is 7.60 Å². The second-order valence-electron chi connectivity index (χ2n) is 5.37. The fourth-order valence-corrected chi connectivity index (χ4v) is 3.90. The SMILES string of the molecule is COc1ccc(P(=O)(O)Oc2ccccc2)c2oc3cccnc3c12. The summed E-state index contributed by atoms with van der Waals surface area (Å²) in [4.78, 5) is 14.8. The molecule has 0 bridgehead atoms. The van der Waals surface area contributed by atoms with Gasteiger partial charge in [-0.25, -0.2) is 4.57 Å². The van der Waals surface area contributed by atoms with E-state index in [1.807, 2.05) is 0 Å². The summed E-state index contributed by atoms with van der Waals surface area (Å²) in [6.07, 6.45) is 1.63. The van der Waals surface area contributed by atoms with Gasteiger partial charge in [-0.15, -0.1) is 0 Å². The Labute approximate surface area is 143 Å². The van der Waals surface area contributed by atoms with E-state index in [1.165, 1.54) is 13.2 Å². The number of ether oxygens (including phenoxy) is 1. The lowest BCUT2D eigenvalue weighted by atomic mass is 10.2. The maximum atomic E-state index is 12.9. The second-order valence-corrected chi connectivity index (χ2v) is 7.07. The molecular formula is C18H14NO5P. The standard InChI is InChI=1S/C18H14NO5P/c1-22-13-9-10-15(25(20,21)24-12-6-3-2-4-7-12)18-16(13)17-14(23-18)8-5-11-19-17/h2-11H,1H3,(H,20,21). The number of nitrogens with zero attached hydrogens (tertiary/aromatic N) is 1. The number of hydrogen-bond acceptors (Lipinski definition) is 5. The van der Waals surface area contributed by atoms with Crippen LogP contribution in [0.3, 0.4) is 0 Å². The lowest BCUT2D eigenvalue weighted by Crippen LogP contribution is -2.10. The molecule has 4 aromatic rings. The van der Waals surface area contributed by atoms with Crippen molar-refractivity contribution in [3.63, 3.8) is 0 Å². The van der Waals surface area contributed by atoms with Crippen molar-refractivity contribution in [2.75, 3.05) is 7.11 Å². The first-order valence-corrected chi connectivity index (χ1v) is 9.10. The fraction of sp³-hybridized carbons (Fsp3) is 0.0556. The summed E-state index contributed by atoms with van der Waals surface area (Å²) in [6, 6.07) is 15.0. The largest absolute Gasteiger partial charge is 0.496 e. The number of furan rings is 1. The summed E-state index contributed by atoms with van der Waals surface area (Å²) in [7, 11) is -2.65. The van der Waals surface area contributed by atoms with E-state index in [9.17, 15) is 9.46 Å². The van der Waals surface area contributed by atoms with Crippen LogP contribution in [-0.2, 0) is 4.57 Å². The average Bonchev–Trinajstić information content (AvgIpc) is 3.00. The zero-order valence-corrected chi connectivity index (χ0v) is 14.1. The lowest BCUT2D eigenvalue weighted by Gasteiger charge is -2.14. The van der Waals surface area contributed by atoms with Gasteiger partial charge in [-0.3, -0.25) is 4.98 Å². The highest BCUT2D eigenvalue weighted by Gasteiger charge is 2.31. The molecule has 2 aromatic heterocycles. The number of hydrogen-bond donors (Lipinski definition) is 1. The third-order valence-electron chi connectivity index (χ3n) is 3.81. The van der Waals surface area contributed by atoms with E-state index in [1.54, 1.807) is 54.7 Å². The highest BCUT2D eigenvalue weighted by Crippen LogP contribution is 2.46. The molecule has 6 nitrogen and oxygen atoms in total. The molecule has 0 saturated carbocycles. The summed E-state index contributed by atoms with van der Waals surface area (Å²) in [5.74, 6) is 0.808. The Hall–Kier alpha value is -2.82. The van der Waals surface area contributed by atoms with Crippen molar-refractivity contribution in [3.8, 4) is 11.5 Å². The molecule has 1 unspecified atom stereocenters. The summed E-state index contributed by atoms with van der Waals surface area (Å²) in [6.45, 7) is 0. The van der Waals surface area contributed by atoms with Gasteiger partial charge in [0.1, 0.15) is 22.3 Å². The van der Waals surface area contributed by atoms with Crippen molar-refractivity contribution in [2.45, 2.75) is 0 Å². The van der Waals surface area contributed by atoms with Crippen LogP contribution in [-0.4, -0.2) is 17.0 Å². The molecule has 2 aromatic carbocycles. The smallest absolute Gasteiger partial charge is 0.411 e. The van der Waals surface area contributed by atoms with E-state index in [4.69, 9.17) is 13.7 Å². The lowest BCUT2D eigenvalue weighted by molar-refractivity contribution is 0.393. The van der Waals surface area contributed by atoms with Gasteiger partial charge in [-0.2, -0.15) is 0 Å². The Morgan fingerprint density at radius 1 is 1.08 bits per heavy atom. The summed E-state index contributed by atoms with van der Waals surface area (Å²) >= 11 is 0. The zero-order valence-electron chi connectivity index (χ0n) is 13.2. The molecule has 1 atom stereocenters. The van der Waals surface area contributed by atoms with Gasteiger partial charge in [-0.1, -0.05) is 18.2 Å². The summed E-state index contributed by atoms with van der Waals surface area (Å²) < 4.78 is 29.4. The zero-order chi connectivity index (χ0) is 17.4. The van der Waals surface area contributed by atoms with Gasteiger partial charge in [0.15, 0.2) is 11.2 Å². The maximum absolute atomic E-state index is 12.9. The van der Waals surface area contributed by atoms with Gasteiger partial charge < -0.3 is 18.6 Å². The number of aromatic nitrogens is 1. The molecule has 0 aliphatic heterocycles. The monoisotopic (exact) mass is 355 g/mol. The minimum Gasteiger partial charge on any atom is -0.496 e. The maximum Gasteiger partial charge on any atom is 0.411 e. The number of fused-ring (bicyclic) bond motifs is 3. The Balaban J connectivity index is 1.94. The molecule has 0 radical (unpaired) electrons. The highest BCUT2D eigenvalue weighted by atomic mass is 31.2. The van der Waals surface area contributed by atoms with Crippen molar-refractivity contribution < 1.29 is 23.1 Å². The van der Waals surface area contributed by atoms with Crippen molar-refractivity contribution in [2.24, 2.45) is 0 Å². The number of benzene rings is 2. The van der Waals surface area contributed by atoms with Crippen LogP contribution < -0.4 is 14.6 Å². The molecule has 4 rings (SSSR count). The molecule has 0 aliphatic rings. The molecule has 0 saturated heterocycles. The van der Waals surface area contributed by atoms with Crippen LogP contribution in [0.2, 0.25) is 0 Å². The molecule has 7 heteroatoms. The van der Waals surface area contributed by atoms with Crippen molar-refractivity contribution in [3.05, 3.63) is 60.8 Å². The quantitative estimate of drug-likeness (QED) is 0.560. The van der Waals surface area contributed by atoms with Crippen LogP contribution in [0, 0.1) is 0 Å². The van der Waals surface area contributed by atoms with Crippen LogP contribution in [0.5, 0.6) is 11.5 Å². The Bertz CT molecular complexity index is 1110. The number of rotatable bonds is 4. The van der Waals surface area contributed by atoms with Gasteiger partial charge in [0.2, 0.25) is 0 Å². The Morgan fingerprint density at radius 3 is 2.64 bits per heavy atom. The molecule has 126 valence electrons. The molecule has 1 N–H and O–H groups in total. The van der Waals surface area contributed by atoms with E-state index in [0.717, 1.165) is 0 Å². The van der Waals surface area contributed by atoms with Crippen LogP contribution >= 0.6 is 7.60 Å². The Kier molecular flexibility index (Phi) is 3.71. The van der Waals surface area contributed by atoms with Crippen LogP contribution in [0.1, 0.15) is 0 Å². The second kappa shape index (κ2) is 5.92. The number of methoxy groups -OCH3 is 1. The topological polar surface area (TPSA) is 81.8 Å². The van der Waals surface area contributed by atoms with E-state index >= 15 is 0 Å². The van der Waals surface area contributed by atoms with Crippen LogP contribution in [0.25, 0.3) is 22.1 Å². The average molecular weight is 355 g/mol. The molecule has 0 aliphatic carbocycles. The fourth-order valence-electron chi connectivity index (χ4n) is 2.72. The van der Waals surface area contributed by atoms with Crippen LogP contribution in [0.4, 0.5) is 0 Å². The minimum atomic E-state index is -4.17. The van der Waals surface area contributed by atoms with Gasteiger partial charge in [0, 0.05) is 6.20 Å². The first-order chi connectivity index (χ1) is 12.1. The first-order valence-electron chi connectivity index (χ1n) is 7.52. The summed E-state index contributed by atoms with van der Waals surface area (Å²) in [5.41, 5.74) is 1.30. The third-order valence-corrected chi connectivity index (χ3v) is 5.23. The number of para-hydroxylation sites is 1. The molecule has 0 amide bonds. The first kappa shape index (κ1) is 15.7. The van der Waals surface area contributed by atoms with Crippen molar-refractivity contribution >= 4 is 35.0 Å². The third kappa shape index (κ3) is 2.65. The van der Waals surface area contributed by atoms with E-state index < -0.39 is 7.60 Å². The number of pyridine rings is 1.